The van der Waals surface area contributed by atoms with Gasteiger partial charge in [-0.15, -0.1) is 0 Å². The molecular weight excluding hydrogens is 384 g/mol. The molecule has 2 aromatic rings. The number of hydrogen-bond donors (Lipinski definition) is 0. The summed E-state index contributed by atoms with van der Waals surface area (Å²) in [7, 11) is 1.41. The molecule has 0 saturated heterocycles. The highest BCUT2D eigenvalue weighted by atomic mass is 79.9. The van der Waals surface area contributed by atoms with Crippen LogP contribution in [0.4, 0.5) is 0 Å². The first-order valence-corrected chi connectivity index (χ1v) is 8.07. The van der Waals surface area contributed by atoms with E-state index in [1.165, 1.54) is 12.7 Å². The molecule has 102 valence electrons. The number of benzene rings is 2. The van der Waals surface area contributed by atoms with Crippen molar-refractivity contribution in [3.63, 3.8) is 0 Å². The van der Waals surface area contributed by atoms with Gasteiger partial charge in [-0.05, 0) is 22.8 Å². The van der Waals surface area contributed by atoms with Crippen molar-refractivity contribution >= 4 is 37.8 Å². The zero-order valence-electron chi connectivity index (χ0n) is 10.8. The Hall–Kier alpha value is -1.13. The van der Waals surface area contributed by atoms with E-state index in [2.05, 4.69) is 37.9 Å². The molecule has 0 amide bonds. The zero-order valence-corrected chi connectivity index (χ0v) is 13.9. The van der Waals surface area contributed by atoms with Gasteiger partial charge in [0, 0.05) is 5.56 Å². The van der Waals surface area contributed by atoms with Crippen LogP contribution in [0.1, 0.15) is 31.1 Å². The molecule has 0 bridgehead atoms. The predicted molar refractivity (Wildman–Crippen MR) is 86.6 cm³/mol. The minimum absolute atomic E-state index is 0.122. The lowest BCUT2D eigenvalue weighted by atomic mass is 9.83. The van der Waals surface area contributed by atoms with E-state index in [0.29, 0.717) is 5.56 Å². The van der Waals surface area contributed by atoms with E-state index in [0.717, 1.165) is 16.7 Å². The number of hydrogen-bond acceptors (Lipinski definition) is 2. The largest absolute Gasteiger partial charge is 0.465 e. The number of methoxy groups -OCH3 is 1. The fourth-order valence-electron chi connectivity index (χ4n) is 2.66. The molecule has 0 N–H and O–H groups in total. The van der Waals surface area contributed by atoms with Gasteiger partial charge in [0.25, 0.3) is 0 Å². The van der Waals surface area contributed by atoms with Crippen molar-refractivity contribution in [1.29, 1.82) is 0 Å². The van der Waals surface area contributed by atoms with Crippen LogP contribution in [-0.4, -0.2) is 13.1 Å². The molecule has 20 heavy (non-hydrogen) atoms. The minimum Gasteiger partial charge on any atom is -0.465 e. The average Bonchev–Trinajstić information content (AvgIpc) is 2.51. The molecule has 2 nitrogen and oxygen atoms in total. The number of fused-ring (bicyclic) bond motifs is 3. The van der Waals surface area contributed by atoms with Crippen LogP contribution < -0.4 is 0 Å². The first-order chi connectivity index (χ1) is 9.65. The van der Waals surface area contributed by atoms with Crippen molar-refractivity contribution in [2.75, 3.05) is 7.11 Å². The first kappa shape index (κ1) is 13.8. The van der Waals surface area contributed by atoms with Gasteiger partial charge in [-0.3, -0.25) is 0 Å². The quantitative estimate of drug-likeness (QED) is 0.500. The van der Waals surface area contributed by atoms with Crippen LogP contribution in [0.15, 0.2) is 42.5 Å². The van der Waals surface area contributed by atoms with Crippen molar-refractivity contribution in [2.45, 2.75) is 9.65 Å². The molecule has 1 aliphatic carbocycles. The molecule has 0 spiro atoms. The van der Waals surface area contributed by atoms with Gasteiger partial charge in [0.05, 0.1) is 22.3 Å². The fraction of sp³-hybridized carbons (Fsp3) is 0.188. The van der Waals surface area contributed by atoms with E-state index < -0.39 is 0 Å². The topological polar surface area (TPSA) is 26.3 Å². The van der Waals surface area contributed by atoms with Crippen molar-refractivity contribution < 1.29 is 9.53 Å². The van der Waals surface area contributed by atoms with Gasteiger partial charge in [-0.1, -0.05) is 68.3 Å². The van der Waals surface area contributed by atoms with Crippen LogP contribution in [0.5, 0.6) is 0 Å². The molecule has 0 radical (unpaired) electrons. The van der Waals surface area contributed by atoms with Gasteiger partial charge in [0.15, 0.2) is 0 Å². The summed E-state index contributed by atoms with van der Waals surface area (Å²) in [6.07, 6.45) is 0. The maximum atomic E-state index is 12.0. The monoisotopic (exact) mass is 394 g/mol. The summed E-state index contributed by atoms with van der Waals surface area (Å²) in [5.74, 6) is -0.302. The predicted octanol–water partition coefficient (Wildman–Crippen LogP) is 5.03. The van der Waals surface area contributed by atoms with Crippen LogP contribution in [0.25, 0.3) is 11.1 Å². The number of alkyl halides is 2. The van der Waals surface area contributed by atoms with E-state index in [-0.39, 0.29) is 15.6 Å². The Bertz CT molecular complexity index is 682. The molecular formula is C16H12Br2O2. The van der Waals surface area contributed by atoms with Gasteiger partial charge in [-0.2, -0.15) is 0 Å². The van der Waals surface area contributed by atoms with Crippen molar-refractivity contribution in [3.05, 3.63) is 59.2 Å². The summed E-state index contributed by atoms with van der Waals surface area (Å²) in [6.45, 7) is 0. The number of rotatable bonds is 1. The molecule has 0 heterocycles. The number of esters is 1. The molecule has 4 heteroatoms. The van der Waals surface area contributed by atoms with Gasteiger partial charge in [-0.25, -0.2) is 4.79 Å². The van der Waals surface area contributed by atoms with Crippen LogP contribution in [0.2, 0.25) is 0 Å². The third-order valence-electron chi connectivity index (χ3n) is 3.58. The van der Waals surface area contributed by atoms with E-state index in [4.69, 9.17) is 4.74 Å². The Balaban J connectivity index is 2.34. The second-order valence-electron chi connectivity index (χ2n) is 4.65. The van der Waals surface area contributed by atoms with E-state index in [1.54, 1.807) is 0 Å². The summed E-state index contributed by atoms with van der Waals surface area (Å²) in [4.78, 5) is 12.3. The summed E-state index contributed by atoms with van der Waals surface area (Å²) in [5.41, 5.74) is 4.95. The Kier molecular flexibility index (Phi) is 3.69. The van der Waals surface area contributed by atoms with E-state index >= 15 is 0 Å². The van der Waals surface area contributed by atoms with Crippen molar-refractivity contribution in [2.24, 2.45) is 0 Å². The molecule has 0 aliphatic heterocycles. The molecule has 0 aromatic heterocycles. The fourth-order valence-corrected chi connectivity index (χ4v) is 4.01. The zero-order chi connectivity index (χ0) is 14.3. The van der Waals surface area contributed by atoms with Crippen LogP contribution >= 0.6 is 31.9 Å². The van der Waals surface area contributed by atoms with Crippen LogP contribution in [-0.2, 0) is 4.74 Å². The molecule has 0 fully saturated rings. The van der Waals surface area contributed by atoms with Gasteiger partial charge >= 0.3 is 5.97 Å². The van der Waals surface area contributed by atoms with Gasteiger partial charge < -0.3 is 4.74 Å². The lowest BCUT2D eigenvalue weighted by molar-refractivity contribution is 0.0601. The number of halogens is 2. The van der Waals surface area contributed by atoms with Crippen molar-refractivity contribution in [1.82, 2.24) is 0 Å². The highest BCUT2D eigenvalue weighted by Gasteiger charge is 2.32. The smallest absolute Gasteiger partial charge is 0.338 e. The van der Waals surface area contributed by atoms with Crippen LogP contribution in [0.3, 0.4) is 0 Å². The molecule has 3 rings (SSSR count). The molecule has 2 atom stereocenters. The number of carbonyl (C=O) groups is 1. The lowest BCUT2D eigenvalue weighted by Gasteiger charge is -2.30. The van der Waals surface area contributed by atoms with E-state index in [1.807, 2.05) is 36.4 Å². The third kappa shape index (κ3) is 2.02. The number of ether oxygens (including phenoxy) is 1. The highest BCUT2D eigenvalue weighted by Crippen LogP contribution is 2.53. The standard InChI is InChI=1S/C16H12Br2O2/c1-20-16(19)12-8-4-7-11-13(12)9-5-2-3-6-10(9)14(17)15(11)18/h2-8,14-15H,1H3/t14-,15+/m0/s1. The minimum atomic E-state index is -0.302. The average molecular weight is 396 g/mol. The summed E-state index contributed by atoms with van der Waals surface area (Å²) in [5, 5.41) is 0. The maximum absolute atomic E-state index is 12.0. The Morgan fingerprint density at radius 1 is 1.00 bits per heavy atom. The third-order valence-corrected chi connectivity index (χ3v) is 6.34. The molecule has 0 unspecified atom stereocenters. The molecule has 2 aromatic carbocycles. The SMILES string of the molecule is COC(=O)c1cccc2c1-c1ccccc1[C@H](Br)[C@@H]2Br. The second-order valence-corrected chi connectivity index (χ2v) is 6.63. The van der Waals surface area contributed by atoms with Gasteiger partial charge in [0.2, 0.25) is 0 Å². The van der Waals surface area contributed by atoms with Gasteiger partial charge in [0.1, 0.15) is 0 Å². The Morgan fingerprint density at radius 3 is 2.40 bits per heavy atom. The Labute approximate surface area is 134 Å². The van der Waals surface area contributed by atoms with E-state index in [9.17, 15) is 4.79 Å². The summed E-state index contributed by atoms with van der Waals surface area (Å²) < 4.78 is 4.91. The molecule has 0 saturated carbocycles. The summed E-state index contributed by atoms with van der Waals surface area (Å²) in [6, 6.07) is 13.9. The van der Waals surface area contributed by atoms with Crippen LogP contribution in [0, 0.1) is 0 Å². The number of carbonyl (C=O) groups excluding carboxylic acids is 1. The highest BCUT2D eigenvalue weighted by molar-refractivity contribution is 9.12. The maximum Gasteiger partial charge on any atom is 0.338 e. The second kappa shape index (κ2) is 5.34. The lowest BCUT2D eigenvalue weighted by Crippen LogP contribution is -2.13. The molecule has 1 aliphatic rings. The normalized spacial score (nSPS) is 19.9. The first-order valence-electron chi connectivity index (χ1n) is 6.23. The summed E-state index contributed by atoms with van der Waals surface area (Å²) >= 11 is 7.47. The Morgan fingerprint density at radius 2 is 1.65 bits per heavy atom. The van der Waals surface area contributed by atoms with Crippen molar-refractivity contribution in [3.8, 4) is 11.1 Å².